The zero-order valence-electron chi connectivity index (χ0n) is 19.5. The van der Waals surface area contributed by atoms with E-state index in [0.29, 0.717) is 18.1 Å². The van der Waals surface area contributed by atoms with Gasteiger partial charge in [-0.2, -0.15) is 0 Å². The fourth-order valence-electron chi connectivity index (χ4n) is 3.40. The average molecular weight is 447 g/mol. The van der Waals surface area contributed by atoms with Crippen LogP contribution in [0.25, 0.3) is 0 Å². The number of rotatable bonds is 16. The second-order valence-electron chi connectivity index (χ2n) is 8.18. The van der Waals surface area contributed by atoms with E-state index in [4.69, 9.17) is 13.6 Å². The van der Waals surface area contributed by atoms with Gasteiger partial charge < -0.3 is 9.05 Å². The van der Waals surface area contributed by atoms with Crippen LogP contribution in [0.1, 0.15) is 82.3 Å². The molecule has 2 rings (SSSR count). The minimum atomic E-state index is -3.79. The predicted molar refractivity (Wildman–Crippen MR) is 129 cm³/mol. The van der Waals surface area contributed by atoms with E-state index >= 15 is 0 Å². The highest BCUT2D eigenvalue weighted by molar-refractivity contribution is 7.49. The van der Waals surface area contributed by atoms with Crippen molar-refractivity contribution in [1.29, 1.82) is 0 Å². The Morgan fingerprint density at radius 2 is 1.06 bits per heavy atom. The first kappa shape index (κ1) is 25.5. The lowest BCUT2D eigenvalue weighted by Crippen LogP contribution is -2.07. The van der Waals surface area contributed by atoms with Crippen molar-refractivity contribution in [3.8, 4) is 11.5 Å². The van der Waals surface area contributed by atoms with Gasteiger partial charge in [0.2, 0.25) is 0 Å². The van der Waals surface area contributed by atoms with Gasteiger partial charge in [-0.3, -0.25) is 4.52 Å². The standard InChI is InChI=1S/C26H39O4P/c1-4-5-6-7-8-9-10-11-12-17-22-28-31(27,29-25-20-15-13-18-23(25)2)30-26-21-16-14-19-24(26)3/h13-16,18-21H,4-12,17,22H2,1-3H3. The van der Waals surface area contributed by atoms with E-state index in [0.717, 1.165) is 24.0 Å². The maximum absolute atomic E-state index is 13.5. The smallest absolute Gasteiger partial charge is 0.395 e. The number of phosphoric acid groups is 1. The zero-order valence-corrected chi connectivity index (χ0v) is 20.4. The molecule has 2 aromatic carbocycles. The van der Waals surface area contributed by atoms with Crippen LogP contribution in [0.3, 0.4) is 0 Å². The Morgan fingerprint density at radius 1 is 0.645 bits per heavy atom. The van der Waals surface area contributed by atoms with Gasteiger partial charge in [0.1, 0.15) is 11.5 Å². The molecule has 0 fully saturated rings. The van der Waals surface area contributed by atoms with Crippen LogP contribution in [0.15, 0.2) is 48.5 Å². The minimum Gasteiger partial charge on any atom is -0.395 e. The van der Waals surface area contributed by atoms with E-state index in [9.17, 15) is 4.57 Å². The summed E-state index contributed by atoms with van der Waals surface area (Å²) in [7, 11) is -3.79. The Labute approximate surface area is 188 Å². The van der Waals surface area contributed by atoms with Crippen LogP contribution in [0.4, 0.5) is 0 Å². The fourth-order valence-corrected chi connectivity index (χ4v) is 4.78. The summed E-state index contributed by atoms with van der Waals surface area (Å²) in [4.78, 5) is 0. The van der Waals surface area contributed by atoms with Crippen molar-refractivity contribution in [1.82, 2.24) is 0 Å². The van der Waals surface area contributed by atoms with Gasteiger partial charge in [-0.1, -0.05) is 101 Å². The molecule has 172 valence electrons. The maximum Gasteiger partial charge on any atom is 0.587 e. The van der Waals surface area contributed by atoms with Crippen LogP contribution >= 0.6 is 7.82 Å². The van der Waals surface area contributed by atoms with Crippen molar-refractivity contribution in [2.45, 2.75) is 85.0 Å². The van der Waals surface area contributed by atoms with Gasteiger partial charge in [-0.05, 0) is 43.5 Å². The number of para-hydroxylation sites is 2. The minimum absolute atomic E-state index is 0.353. The topological polar surface area (TPSA) is 44.8 Å². The van der Waals surface area contributed by atoms with Gasteiger partial charge in [0, 0.05) is 0 Å². The third-order valence-electron chi connectivity index (χ3n) is 5.35. The predicted octanol–water partition coefficient (Wildman–Crippen LogP) is 8.81. The van der Waals surface area contributed by atoms with Crippen molar-refractivity contribution < 1.29 is 18.1 Å². The van der Waals surface area contributed by atoms with Crippen LogP contribution in [-0.4, -0.2) is 6.61 Å². The molecule has 0 atom stereocenters. The van der Waals surface area contributed by atoms with Gasteiger partial charge in [0.05, 0.1) is 6.61 Å². The molecule has 0 aliphatic heterocycles. The van der Waals surface area contributed by atoms with Crippen LogP contribution in [-0.2, 0) is 9.09 Å². The SMILES string of the molecule is CCCCCCCCCCCCOP(=O)(Oc1ccccc1C)Oc1ccccc1C. The monoisotopic (exact) mass is 446 g/mol. The summed E-state index contributed by atoms with van der Waals surface area (Å²) in [6, 6.07) is 14.9. The molecule has 0 N–H and O–H groups in total. The molecule has 0 aliphatic rings. The quantitative estimate of drug-likeness (QED) is 0.191. The van der Waals surface area contributed by atoms with E-state index in [2.05, 4.69) is 6.92 Å². The Bertz CT molecular complexity index is 754. The third kappa shape index (κ3) is 9.93. The molecular formula is C26H39O4P. The van der Waals surface area contributed by atoms with Gasteiger partial charge in [-0.25, -0.2) is 4.57 Å². The van der Waals surface area contributed by atoms with Gasteiger partial charge in [0.25, 0.3) is 0 Å². The first-order valence-corrected chi connectivity index (χ1v) is 13.2. The summed E-state index contributed by atoms with van der Waals surface area (Å²) in [5.41, 5.74) is 1.78. The highest BCUT2D eigenvalue weighted by Gasteiger charge is 2.31. The van der Waals surface area contributed by atoms with Crippen LogP contribution < -0.4 is 9.05 Å². The Balaban J connectivity index is 1.82. The van der Waals surface area contributed by atoms with E-state index in [1.54, 1.807) is 12.1 Å². The maximum atomic E-state index is 13.5. The Hall–Kier alpha value is -1.77. The van der Waals surface area contributed by atoms with Crippen LogP contribution in [0.5, 0.6) is 11.5 Å². The van der Waals surface area contributed by atoms with Gasteiger partial charge in [0.15, 0.2) is 0 Å². The number of unbranched alkanes of at least 4 members (excludes halogenated alkanes) is 9. The molecule has 0 heterocycles. The first-order chi connectivity index (χ1) is 15.0. The largest absolute Gasteiger partial charge is 0.587 e. The second-order valence-corrected chi connectivity index (χ2v) is 9.69. The lowest BCUT2D eigenvalue weighted by molar-refractivity contribution is 0.204. The van der Waals surface area contributed by atoms with Crippen LogP contribution in [0.2, 0.25) is 0 Å². The zero-order chi connectivity index (χ0) is 22.4. The van der Waals surface area contributed by atoms with Gasteiger partial charge in [-0.15, -0.1) is 0 Å². The van der Waals surface area contributed by atoms with Crippen molar-refractivity contribution in [3.63, 3.8) is 0 Å². The molecule has 0 aromatic heterocycles. The molecule has 0 saturated carbocycles. The third-order valence-corrected chi connectivity index (χ3v) is 6.69. The molecule has 0 spiro atoms. The summed E-state index contributed by atoms with van der Waals surface area (Å²) in [5, 5.41) is 0. The molecule has 0 bridgehead atoms. The van der Waals surface area contributed by atoms with Crippen LogP contribution in [0, 0.1) is 13.8 Å². The van der Waals surface area contributed by atoms with Gasteiger partial charge >= 0.3 is 7.82 Å². The lowest BCUT2D eigenvalue weighted by Gasteiger charge is -2.20. The summed E-state index contributed by atoms with van der Waals surface area (Å²) in [6.45, 7) is 6.43. The van der Waals surface area contributed by atoms with Crippen molar-refractivity contribution >= 4 is 7.82 Å². The fraction of sp³-hybridized carbons (Fsp3) is 0.538. The summed E-state index contributed by atoms with van der Waals surface area (Å²) >= 11 is 0. The molecule has 5 heteroatoms. The number of benzene rings is 2. The Morgan fingerprint density at radius 3 is 1.52 bits per heavy atom. The van der Waals surface area contributed by atoms with E-state index in [1.165, 1.54) is 51.4 Å². The highest BCUT2D eigenvalue weighted by atomic mass is 31.2. The molecule has 0 unspecified atom stereocenters. The van der Waals surface area contributed by atoms with E-state index in [-0.39, 0.29) is 0 Å². The summed E-state index contributed by atoms with van der Waals surface area (Å²) in [6.07, 6.45) is 12.3. The molecular weight excluding hydrogens is 407 g/mol. The summed E-state index contributed by atoms with van der Waals surface area (Å²) < 4.78 is 30.8. The molecule has 2 aromatic rings. The number of hydrogen-bond donors (Lipinski definition) is 0. The van der Waals surface area contributed by atoms with Crippen molar-refractivity contribution in [3.05, 3.63) is 59.7 Å². The molecule has 0 aliphatic carbocycles. The number of hydrogen-bond acceptors (Lipinski definition) is 4. The molecule has 0 saturated heterocycles. The second kappa shape index (κ2) is 14.3. The Kier molecular flexibility index (Phi) is 11.8. The lowest BCUT2D eigenvalue weighted by atomic mass is 10.1. The molecule has 0 radical (unpaired) electrons. The molecule has 4 nitrogen and oxygen atoms in total. The average Bonchev–Trinajstić information content (AvgIpc) is 2.75. The molecule has 0 amide bonds. The van der Waals surface area contributed by atoms with Crippen molar-refractivity contribution in [2.24, 2.45) is 0 Å². The highest BCUT2D eigenvalue weighted by Crippen LogP contribution is 2.50. The number of phosphoric ester groups is 1. The van der Waals surface area contributed by atoms with Crippen molar-refractivity contribution in [2.75, 3.05) is 6.61 Å². The molecule has 31 heavy (non-hydrogen) atoms. The first-order valence-electron chi connectivity index (χ1n) is 11.8. The number of aryl methyl sites for hydroxylation is 2. The van der Waals surface area contributed by atoms with E-state index in [1.807, 2.05) is 50.2 Å². The normalized spacial score (nSPS) is 11.5. The van der Waals surface area contributed by atoms with E-state index < -0.39 is 7.82 Å². The summed E-state index contributed by atoms with van der Waals surface area (Å²) in [5.74, 6) is 1.03.